The number of hydrogen-bond donors (Lipinski definition) is 0. The zero-order chi connectivity index (χ0) is 7.56. The van der Waals surface area contributed by atoms with E-state index in [0.717, 1.165) is 17.8 Å². The molecule has 1 rings (SSSR count). The van der Waals surface area contributed by atoms with E-state index in [4.69, 9.17) is 0 Å². The minimum Gasteiger partial charge on any atom is -0.103 e. The number of hydrogen-bond acceptors (Lipinski definition) is 0. The van der Waals surface area contributed by atoms with E-state index in [2.05, 4.69) is 20.4 Å². The van der Waals surface area contributed by atoms with E-state index in [1.165, 1.54) is 19.3 Å². The highest BCUT2D eigenvalue weighted by molar-refractivity contribution is 4.89. The van der Waals surface area contributed by atoms with Gasteiger partial charge >= 0.3 is 0 Å². The molecule has 58 valence electrons. The Morgan fingerprint density at radius 1 is 1.60 bits per heavy atom. The van der Waals surface area contributed by atoms with Gasteiger partial charge in [0.2, 0.25) is 0 Å². The highest BCUT2D eigenvalue weighted by Crippen LogP contribution is 2.46. The zero-order valence-corrected chi connectivity index (χ0v) is 7.14. The van der Waals surface area contributed by atoms with Crippen LogP contribution in [0.1, 0.15) is 33.1 Å². The normalized spacial score (nSPS) is 30.7. The van der Waals surface area contributed by atoms with Crippen molar-refractivity contribution < 1.29 is 0 Å². The molecule has 1 saturated carbocycles. The Morgan fingerprint density at radius 3 is 2.70 bits per heavy atom. The summed E-state index contributed by atoms with van der Waals surface area (Å²) in [6, 6.07) is 0. The van der Waals surface area contributed by atoms with Crippen LogP contribution in [0.4, 0.5) is 0 Å². The SMILES string of the molecule is C=CCCC1CC1C(C)C. The molecule has 0 bridgehead atoms. The maximum absolute atomic E-state index is 3.73. The van der Waals surface area contributed by atoms with Crippen LogP contribution < -0.4 is 0 Å². The lowest BCUT2D eigenvalue weighted by Crippen LogP contribution is -1.91. The predicted octanol–water partition coefficient (Wildman–Crippen LogP) is 3.24. The summed E-state index contributed by atoms with van der Waals surface area (Å²) in [7, 11) is 0. The van der Waals surface area contributed by atoms with Gasteiger partial charge in [0, 0.05) is 0 Å². The van der Waals surface area contributed by atoms with E-state index >= 15 is 0 Å². The van der Waals surface area contributed by atoms with Crippen LogP contribution in [0.25, 0.3) is 0 Å². The fourth-order valence-electron chi connectivity index (χ4n) is 1.75. The molecule has 0 spiro atoms. The molecule has 0 heterocycles. The monoisotopic (exact) mass is 138 g/mol. The molecule has 0 nitrogen and oxygen atoms in total. The van der Waals surface area contributed by atoms with E-state index in [1.807, 2.05) is 6.08 Å². The molecule has 2 unspecified atom stereocenters. The van der Waals surface area contributed by atoms with Crippen molar-refractivity contribution in [1.82, 2.24) is 0 Å². The van der Waals surface area contributed by atoms with Gasteiger partial charge in [-0.3, -0.25) is 0 Å². The molecule has 1 aliphatic rings. The Hall–Kier alpha value is -0.260. The van der Waals surface area contributed by atoms with Gasteiger partial charge in [0.15, 0.2) is 0 Å². The summed E-state index contributed by atoms with van der Waals surface area (Å²) in [6.07, 6.45) is 6.11. The molecule has 0 amide bonds. The summed E-state index contributed by atoms with van der Waals surface area (Å²) in [5.74, 6) is 2.99. The van der Waals surface area contributed by atoms with Gasteiger partial charge in [0.1, 0.15) is 0 Å². The molecule has 2 atom stereocenters. The average molecular weight is 138 g/mol. The van der Waals surface area contributed by atoms with Crippen LogP contribution >= 0.6 is 0 Å². The molecule has 1 fully saturated rings. The lowest BCUT2D eigenvalue weighted by Gasteiger charge is -2.00. The average Bonchev–Trinajstić information content (AvgIpc) is 2.62. The number of allylic oxidation sites excluding steroid dienone is 1. The molecule has 0 heteroatoms. The second kappa shape index (κ2) is 3.23. The molecule has 0 saturated heterocycles. The molecular formula is C10H18. The molecule has 0 aliphatic heterocycles. The highest BCUT2D eigenvalue weighted by atomic mass is 14.4. The third-order valence-corrected chi connectivity index (χ3v) is 2.58. The van der Waals surface area contributed by atoms with E-state index in [9.17, 15) is 0 Å². The summed E-state index contributed by atoms with van der Waals surface area (Å²) in [5.41, 5.74) is 0. The van der Waals surface area contributed by atoms with Gasteiger partial charge in [-0.05, 0) is 37.0 Å². The van der Waals surface area contributed by atoms with Crippen LogP contribution in [-0.4, -0.2) is 0 Å². The summed E-state index contributed by atoms with van der Waals surface area (Å²) in [6.45, 7) is 8.39. The second-order valence-electron chi connectivity index (χ2n) is 3.77. The number of rotatable bonds is 4. The van der Waals surface area contributed by atoms with Gasteiger partial charge in [-0.2, -0.15) is 0 Å². The van der Waals surface area contributed by atoms with E-state index in [0.29, 0.717) is 0 Å². The maximum Gasteiger partial charge on any atom is -0.0351 e. The van der Waals surface area contributed by atoms with E-state index < -0.39 is 0 Å². The van der Waals surface area contributed by atoms with Crippen molar-refractivity contribution in [3.05, 3.63) is 12.7 Å². The largest absolute Gasteiger partial charge is 0.103 e. The first kappa shape index (κ1) is 7.84. The minimum atomic E-state index is 0.912. The van der Waals surface area contributed by atoms with Gasteiger partial charge in [-0.15, -0.1) is 6.58 Å². The molecule has 0 aromatic heterocycles. The minimum absolute atomic E-state index is 0.912. The molecule has 10 heavy (non-hydrogen) atoms. The van der Waals surface area contributed by atoms with E-state index in [1.54, 1.807) is 0 Å². The summed E-state index contributed by atoms with van der Waals surface area (Å²) in [5, 5.41) is 0. The Labute approximate surface area is 64.3 Å². The fraction of sp³-hybridized carbons (Fsp3) is 0.800. The third kappa shape index (κ3) is 1.86. The van der Waals surface area contributed by atoms with Gasteiger partial charge in [0.25, 0.3) is 0 Å². The fourth-order valence-corrected chi connectivity index (χ4v) is 1.75. The quantitative estimate of drug-likeness (QED) is 0.523. The molecule has 0 aromatic rings. The van der Waals surface area contributed by atoms with Gasteiger partial charge < -0.3 is 0 Å². The van der Waals surface area contributed by atoms with Crippen molar-refractivity contribution in [2.24, 2.45) is 17.8 Å². The first-order valence-electron chi connectivity index (χ1n) is 4.36. The van der Waals surface area contributed by atoms with Crippen LogP contribution in [0.15, 0.2) is 12.7 Å². The van der Waals surface area contributed by atoms with Crippen LogP contribution in [-0.2, 0) is 0 Å². The van der Waals surface area contributed by atoms with Gasteiger partial charge in [-0.25, -0.2) is 0 Å². The third-order valence-electron chi connectivity index (χ3n) is 2.58. The lowest BCUT2D eigenvalue weighted by atomic mass is 10.1. The Bertz CT molecular complexity index is 113. The first-order valence-corrected chi connectivity index (χ1v) is 4.36. The van der Waals surface area contributed by atoms with Crippen LogP contribution in [0, 0.1) is 17.8 Å². The summed E-state index contributed by atoms with van der Waals surface area (Å²) >= 11 is 0. The van der Waals surface area contributed by atoms with Crippen molar-refractivity contribution in [3.8, 4) is 0 Å². The summed E-state index contributed by atoms with van der Waals surface area (Å²) in [4.78, 5) is 0. The molecule has 0 radical (unpaired) electrons. The van der Waals surface area contributed by atoms with Crippen molar-refractivity contribution in [1.29, 1.82) is 0 Å². The second-order valence-corrected chi connectivity index (χ2v) is 3.77. The molecule has 0 N–H and O–H groups in total. The van der Waals surface area contributed by atoms with Crippen molar-refractivity contribution >= 4 is 0 Å². The lowest BCUT2D eigenvalue weighted by molar-refractivity contribution is 0.505. The van der Waals surface area contributed by atoms with Crippen molar-refractivity contribution in [2.45, 2.75) is 33.1 Å². The molecule has 1 aliphatic carbocycles. The Kier molecular flexibility index (Phi) is 2.53. The topological polar surface area (TPSA) is 0 Å². The first-order chi connectivity index (χ1) is 4.75. The van der Waals surface area contributed by atoms with Crippen molar-refractivity contribution in [3.63, 3.8) is 0 Å². The smallest absolute Gasteiger partial charge is 0.0351 e. The highest BCUT2D eigenvalue weighted by Gasteiger charge is 2.37. The van der Waals surface area contributed by atoms with Gasteiger partial charge in [-0.1, -0.05) is 19.9 Å². The Balaban J connectivity index is 2.07. The maximum atomic E-state index is 3.73. The van der Waals surface area contributed by atoms with Crippen LogP contribution in [0.3, 0.4) is 0 Å². The zero-order valence-electron chi connectivity index (χ0n) is 7.14. The predicted molar refractivity (Wildman–Crippen MR) is 45.9 cm³/mol. The van der Waals surface area contributed by atoms with E-state index in [-0.39, 0.29) is 0 Å². The summed E-state index contributed by atoms with van der Waals surface area (Å²) < 4.78 is 0. The molecular weight excluding hydrogens is 120 g/mol. The van der Waals surface area contributed by atoms with Crippen LogP contribution in [0.5, 0.6) is 0 Å². The van der Waals surface area contributed by atoms with Crippen LogP contribution in [0.2, 0.25) is 0 Å². The Morgan fingerprint density at radius 2 is 2.30 bits per heavy atom. The van der Waals surface area contributed by atoms with Crippen molar-refractivity contribution in [2.75, 3.05) is 0 Å². The standard InChI is InChI=1S/C10H18/c1-4-5-6-9-7-10(9)8(2)3/h4,8-10H,1,5-7H2,2-3H3. The molecule has 0 aromatic carbocycles. The van der Waals surface area contributed by atoms with Gasteiger partial charge in [0.05, 0.1) is 0 Å².